The molecule has 0 spiro atoms. The number of fused-ring (bicyclic) bond motifs is 1. The zero-order chi connectivity index (χ0) is 11.8. The van der Waals surface area contributed by atoms with Crippen molar-refractivity contribution in [1.82, 2.24) is 0 Å². The highest BCUT2D eigenvalue weighted by molar-refractivity contribution is 8.13. The van der Waals surface area contributed by atoms with Crippen LogP contribution in [0.4, 0.5) is 4.39 Å². The van der Waals surface area contributed by atoms with Gasteiger partial charge in [-0.1, -0.05) is 12.1 Å². The number of hydrogen-bond acceptors (Lipinski definition) is 3. The van der Waals surface area contributed by atoms with Crippen molar-refractivity contribution < 1.29 is 17.5 Å². The summed E-state index contributed by atoms with van der Waals surface area (Å²) in [4.78, 5) is 0. The quantitative estimate of drug-likeness (QED) is 0.767. The van der Waals surface area contributed by atoms with E-state index in [1.807, 2.05) is 0 Å². The minimum atomic E-state index is -3.54. The fourth-order valence-electron chi connectivity index (χ4n) is 1.84. The second-order valence-electron chi connectivity index (χ2n) is 3.81. The van der Waals surface area contributed by atoms with Crippen LogP contribution < -0.4 is 4.74 Å². The van der Waals surface area contributed by atoms with E-state index >= 15 is 0 Å². The Morgan fingerprint density at radius 3 is 2.94 bits per heavy atom. The molecule has 1 atom stereocenters. The van der Waals surface area contributed by atoms with E-state index in [1.165, 1.54) is 6.07 Å². The molecule has 1 aliphatic rings. The van der Waals surface area contributed by atoms with Gasteiger partial charge in [0.1, 0.15) is 0 Å². The summed E-state index contributed by atoms with van der Waals surface area (Å²) in [6.45, 7) is 0.180. The molecule has 2 rings (SSSR count). The average molecular weight is 265 g/mol. The number of ether oxygens (including phenoxy) is 1. The SMILES string of the molecule is O=S(=O)(Cl)CC1COc2c(F)cccc2C1. The topological polar surface area (TPSA) is 43.4 Å². The van der Waals surface area contributed by atoms with Gasteiger partial charge in [-0.3, -0.25) is 0 Å². The van der Waals surface area contributed by atoms with Gasteiger partial charge in [-0.2, -0.15) is 0 Å². The first-order valence-corrected chi connectivity index (χ1v) is 7.26. The average Bonchev–Trinajstić information content (AvgIpc) is 2.15. The van der Waals surface area contributed by atoms with Crippen LogP contribution in [0.3, 0.4) is 0 Å². The first-order valence-electron chi connectivity index (χ1n) is 4.78. The van der Waals surface area contributed by atoms with Gasteiger partial charge in [-0.15, -0.1) is 0 Å². The summed E-state index contributed by atoms with van der Waals surface area (Å²) < 4.78 is 40.3. The Balaban J connectivity index is 2.19. The number of halogens is 2. The lowest BCUT2D eigenvalue weighted by Crippen LogP contribution is -2.26. The maximum absolute atomic E-state index is 13.3. The lowest BCUT2D eigenvalue weighted by Gasteiger charge is -2.24. The highest BCUT2D eigenvalue weighted by Crippen LogP contribution is 2.30. The number of benzene rings is 1. The van der Waals surface area contributed by atoms with E-state index in [4.69, 9.17) is 15.4 Å². The summed E-state index contributed by atoms with van der Waals surface area (Å²) in [6.07, 6.45) is 0.471. The Labute approximate surface area is 97.6 Å². The van der Waals surface area contributed by atoms with E-state index in [9.17, 15) is 12.8 Å². The molecular formula is C10H10ClFO3S. The fraction of sp³-hybridized carbons (Fsp3) is 0.400. The maximum Gasteiger partial charge on any atom is 0.233 e. The molecule has 1 aliphatic heterocycles. The second kappa shape index (κ2) is 4.22. The third-order valence-corrected chi connectivity index (χ3v) is 3.70. The molecule has 16 heavy (non-hydrogen) atoms. The zero-order valence-corrected chi connectivity index (χ0v) is 9.89. The standard InChI is InChI=1S/C10H10ClFO3S/c11-16(13,14)6-7-4-8-2-1-3-9(12)10(8)15-5-7/h1-3,7H,4-6H2. The van der Waals surface area contributed by atoms with Crippen molar-refractivity contribution in [3.63, 3.8) is 0 Å². The van der Waals surface area contributed by atoms with Crippen molar-refractivity contribution in [2.24, 2.45) is 5.92 Å². The van der Waals surface area contributed by atoms with Crippen molar-refractivity contribution in [2.75, 3.05) is 12.4 Å². The normalized spacial score (nSPS) is 20.0. The predicted octanol–water partition coefficient (Wildman–Crippen LogP) is 1.95. The lowest BCUT2D eigenvalue weighted by molar-refractivity contribution is 0.224. The molecule has 0 aromatic heterocycles. The predicted molar refractivity (Wildman–Crippen MR) is 58.7 cm³/mol. The first-order chi connectivity index (χ1) is 7.46. The minimum absolute atomic E-state index is 0.148. The number of para-hydroxylation sites is 1. The van der Waals surface area contributed by atoms with E-state index in [0.29, 0.717) is 12.0 Å². The van der Waals surface area contributed by atoms with Gasteiger partial charge in [0, 0.05) is 16.6 Å². The van der Waals surface area contributed by atoms with Gasteiger partial charge in [0.15, 0.2) is 11.6 Å². The third kappa shape index (κ3) is 2.65. The number of rotatable bonds is 2. The van der Waals surface area contributed by atoms with Crippen molar-refractivity contribution in [2.45, 2.75) is 6.42 Å². The molecule has 0 saturated heterocycles. The largest absolute Gasteiger partial charge is 0.490 e. The highest BCUT2D eigenvalue weighted by Gasteiger charge is 2.25. The molecule has 3 nitrogen and oxygen atoms in total. The van der Waals surface area contributed by atoms with Gasteiger partial charge in [0.2, 0.25) is 9.05 Å². The molecule has 1 unspecified atom stereocenters. The number of hydrogen-bond donors (Lipinski definition) is 0. The molecule has 6 heteroatoms. The van der Waals surface area contributed by atoms with Gasteiger partial charge >= 0.3 is 0 Å². The third-order valence-electron chi connectivity index (χ3n) is 2.46. The molecule has 0 saturated carbocycles. The van der Waals surface area contributed by atoms with Crippen LogP contribution in [-0.2, 0) is 15.5 Å². The van der Waals surface area contributed by atoms with Crippen LogP contribution in [-0.4, -0.2) is 20.8 Å². The van der Waals surface area contributed by atoms with Gasteiger partial charge in [0.05, 0.1) is 12.4 Å². The fourth-order valence-corrected chi connectivity index (χ4v) is 3.15. The Morgan fingerprint density at radius 2 is 2.25 bits per heavy atom. The summed E-state index contributed by atoms with van der Waals surface area (Å²) in [7, 11) is 1.63. The van der Waals surface area contributed by atoms with Gasteiger partial charge in [-0.05, 0) is 18.1 Å². The molecule has 1 aromatic rings. The van der Waals surface area contributed by atoms with Gasteiger partial charge in [-0.25, -0.2) is 12.8 Å². The zero-order valence-electron chi connectivity index (χ0n) is 8.32. The van der Waals surface area contributed by atoms with E-state index in [0.717, 1.165) is 0 Å². The summed E-state index contributed by atoms with van der Waals surface area (Å²) in [5.41, 5.74) is 0.691. The Bertz CT molecular complexity index is 501. The molecule has 0 aliphatic carbocycles. The van der Waals surface area contributed by atoms with Crippen molar-refractivity contribution in [3.8, 4) is 5.75 Å². The summed E-state index contributed by atoms with van der Waals surface area (Å²) in [5, 5.41) is 0. The van der Waals surface area contributed by atoms with Crippen molar-refractivity contribution in [1.29, 1.82) is 0 Å². The maximum atomic E-state index is 13.3. The van der Waals surface area contributed by atoms with Crippen molar-refractivity contribution >= 4 is 19.7 Å². The van der Waals surface area contributed by atoms with Gasteiger partial charge in [0.25, 0.3) is 0 Å². The van der Waals surface area contributed by atoms with E-state index < -0.39 is 14.9 Å². The smallest absolute Gasteiger partial charge is 0.233 e. The monoisotopic (exact) mass is 264 g/mol. The van der Waals surface area contributed by atoms with Crippen molar-refractivity contribution in [3.05, 3.63) is 29.6 Å². The Kier molecular flexibility index (Phi) is 3.08. The molecule has 1 aromatic carbocycles. The van der Waals surface area contributed by atoms with Crippen LogP contribution >= 0.6 is 10.7 Å². The van der Waals surface area contributed by atoms with Crippen LogP contribution in [0.5, 0.6) is 5.75 Å². The van der Waals surface area contributed by atoms with Crippen LogP contribution in [0.2, 0.25) is 0 Å². The Hall–Kier alpha value is -0.810. The van der Waals surface area contributed by atoms with Crippen LogP contribution in [0.1, 0.15) is 5.56 Å². The molecule has 1 heterocycles. The molecular weight excluding hydrogens is 255 g/mol. The second-order valence-corrected chi connectivity index (χ2v) is 6.64. The molecule has 0 bridgehead atoms. The molecule has 0 radical (unpaired) electrons. The highest BCUT2D eigenvalue weighted by atomic mass is 35.7. The van der Waals surface area contributed by atoms with E-state index in [-0.39, 0.29) is 24.0 Å². The van der Waals surface area contributed by atoms with Crippen LogP contribution in [0, 0.1) is 11.7 Å². The summed E-state index contributed by atoms with van der Waals surface area (Å²) in [6, 6.07) is 4.62. The molecule has 88 valence electrons. The summed E-state index contributed by atoms with van der Waals surface area (Å²) in [5.74, 6) is -0.544. The Morgan fingerprint density at radius 1 is 1.50 bits per heavy atom. The van der Waals surface area contributed by atoms with Gasteiger partial charge < -0.3 is 4.74 Å². The molecule has 0 amide bonds. The van der Waals surface area contributed by atoms with Crippen LogP contribution in [0.15, 0.2) is 18.2 Å². The lowest BCUT2D eigenvalue weighted by atomic mass is 9.98. The molecule has 0 fully saturated rings. The first kappa shape index (κ1) is 11.7. The summed E-state index contributed by atoms with van der Waals surface area (Å²) >= 11 is 0. The van der Waals surface area contributed by atoms with Crippen LogP contribution in [0.25, 0.3) is 0 Å². The van der Waals surface area contributed by atoms with E-state index in [1.54, 1.807) is 12.1 Å². The van der Waals surface area contributed by atoms with E-state index in [2.05, 4.69) is 0 Å². The minimum Gasteiger partial charge on any atom is -0.490 e. The molecule has 0 N–H and O–H groups in total.